The number of hydrogen-bond donors (Lipinski definition) is 1. The first kappa shape index (κ1) is 8.20. The maximum Gasteiger partial charge on any atom is 0.142 e. The minimum absolute atomic E-state index is 0.127. The third-order valence-corrected chi connectivity index (χ3v) is 2.80. The molecule has 3 heteroatoms. The Morgan fingerprint density at radius 2 is 2.17 bits per heavy atom. The van der Waals surface area contributed by atoms with Crippen molar-refractivity contribution in [1.82, 2.24) is 5.32 Å². The van der Waals surface area contributed by atoms with Crippen LogP contribution in [-0.2, 0) is 9.53 Å². The monoisotopic (exact) mass is 169 g/mol. The molecule has 0 aromatic carbocycles. The topological polar surface area (TPSA) is 38.3 Å². The SMILES string of the molecule is CNC1COCC1C(=O)C1CC1. The highest BCUT2D eigenvalue weighted by molar-refractivity contribution is 5.86. The van der Waals surface area contributed by atoms with Gasteiger partial charge in [0.15, 0.2) is 0 Å². The van der Waals surface area contributed by atoms with Crippen molar-refractivity contribution in [3.63, 3.8) is 0 Å². The molecule has 2 rings (SSSR count). The van der Waals surface area contributed by atoms with Gasteiger partial charge in [0.2, 0.25) is 0 Å². The molecule has 1 saturated carbocycles. The van der Waals surface area contributed by atoms with Crippen molar-refractivity contribution >= 4 is 5.78 Å². The number of carbonyl (C=O) groups is 1. The van der Waals surface area contributed by atoms with Gasteiger partial charge in [0, 0.05) is 12.0 Å². The zero-order valence-corrected chi connectivity index (χ0v) is 7.38. The van der Waals surface area contributed by atoms with E-state index in [9.17, 15) is 4.79 Å². The molecule has 2 unspecified atom stereocenters. The van der Waals surface area contributed by atoms with Crippen molar-refractivity contribution in [2.45, 2.75) is 18.9 Å². The van der Waals surface area contributed by atoms with Crippen molar-refractivity contribution < 1.29 is 9.53 Å². The average Bonchev–Trinajstić information content (AvgIpc) is 2.82. The second-order valence-electron chi connectivity index (χ2n) is 3.72. The molecule has 1 heterocycles. The highest BCUT2D eigenvalue weighted by Gasteiger charge is 2.40. The van der Waals surface area contributed by atoms with Crippen LogP contribution in [0.5, 0.6) is 0 Å². The van der Waals surface area contributed by atoms with Gasteiger partial charge in [-0.1, -0.05) is 0 Å². The van der Waals surface area contributed by atoms with Crippen LogP contribution in [0.1, 0.15) is 12.8 Å². The van der Waals surface area contributed by atoms with Crippen LogP contribution >= 0.6 is 0 Å². The van der Waals surface area contributed by atoms with Crippen molar-refractivity contribution in [2.75, 3.05) is 20.3 Å². The lowest BCUT2D eigenvalue weighted by molar-refractivity contribution is -0.124. The summed E-state index contributed by atoms with van der Waals surface area (Å²) in [6, 6.07) is 0.262. The van der Waals surface area contributed by atoms with Gasteiger partial charge >= 0.3 is 0 Å². The number of hydrogen-bond acceptors (Lipinski definition) is 3. The predicted octanol–water partition coefficient (Wildman–Crippen LogP) is 0.200. The van der Waals surface area contributed by atoms with E-state index in [2.05, 4.69) is 5.32 Å². The Morgan fingerprint density at radius 3 is 2.75 bits per heavy atom. The summed E-state index contributed by atoms with van der Waals surface area (Å²) in [6.07, 6.45) is 2.21. The van der Waals surface area contributed by atoms with Crippen LogP contribution in [0.3, 0.4) is 0 Å². The highest BCUT2D eigenvalue weighted by Crippen LogP contribution is 2.34. The largest absolute Gasteiger partial charge is 0.379 e. The molecule has 12 heavy (non-hydrogen) atoms. The van der Waals surface area contributed by atoms with Crippen molar-refractivity contribution in [1.29, 1.82) is 0 Å². The molecule has 1 saturated heterocycles. The standard InChI is InChI=1S/C9H15NO2/c1-10-8-5-12-4-7(8)9(11)6-2-3-6/h6-8,10H,2-5H2,1H3. The van der Waals surface area contributed by atoms with Crippen LogP contribution < -0.4 is 5.32 Å². The number of ether oxygens (including phenoxy) is 1. The Hall–Kier alpha value is -0.410. The maximum atomic E-state index is 11.7. The van der Waals surface area contributed by atoms with E-state index >= 15 is 0 Å². The molecule has 2 aliphatic rings. The Morgan fingerprint density at radius 1 is 1.42 bits per heavy atom. The van der Waals surface area contributed by atoms with E-state index in [0.717, 1.165) is 12.8 Å². The molecule has 0 aromatic rings. The van der Waals surface area contributed by atoms with Gasteiger partial charge in [-0.25, -0.2) is 0 Å². The molecule has 1 N–H and O–H groups in total. The summed E-state index contributed by atoms with van der Waals surface area (Å²) >= 11 is 0. The number of Topliss-reactive ketones (excluding diaryl/α,β-unsaturated/α-hetero) is 1. The molecule has 3 nitrogen and oxygen atoms in total. The van der Waals surface area contributed by atoms with E-state index in [1.165, 1.54) is 0 Å². The fraction of sp³-hybridized carbons (Fsp3) is 0.889. The summed E-state index contributed by atoms with van der Waals surface area (Å²) < 4.78 is 5.28. The molecule has 0 aromatic heterocycles. The lowest BCUT2D eigenvalue weighted by Crippen LogP contribution is -2.37. The van der Waals surface area contributed by atoms with E-state index < -0.39 is 0 Å². The Kier molecular flexibility index (Phi) is 2.15. The lowest BCUT2D eigenvalue weighted by atomic mass is 9.96. The smallest absolute Gasteiger partial charge is 0.142 e. The fourth-order valence-electron chi connectivity index (χ4n) is 1.79. The molecule has 2 fully saturated rings. The maximum absolute atomic E-state index is 11.7. The minimum Gasteiger partial charge on any atom is -0.379 e. The van der Waals surface area contributed by atoms with Crippen LogP contribution in [-0.4, -0.2) is 32.1 Å². The third-order valence-electron chi connectivity index (χ3n) is 2.80. The molecular weight excluding hydrogens is 154 g/mol. The molecule has 0 radical (unpaired) electrons. The summed E-state index contributed by atoms with van der Waals surface area (Å²) in [5.41, 5.74) is 0. The number of likely N-dealkylation sites (N-methyl/N-ethyl adjacent to an activating group) is 1. The second kappa shape index (κ2) is 3.15. The first-order valence-electron chi connectivity index (χ1n) is 4.61. The summed E-state index contributed by atoms with van der Waals surface area (Å²) in [4.78, 5) is 11.7. The van der Waals surface area contributed by atoms with Crippen LogP contribution in [0, 0.1) is 11.8 Å². The molecule has 1 aliphatic heterocycles. The van der Waals surface area contributed by atoms with Gasteiger partial charge in [0.05, 0.1) is 19.1 Å². The highest BCUT2D eigenvalue weighted by atomic mass is 16.5. The van der Waals surface area contributed by atoms with E-state index in [-0.39, 0.29) is 12.0 Å². The van der Waals surface area contributed by atoms with Gasteiger partial charge in [0.1, 0.15) is 5.78 Å². The third kappa shape index (κ3) is 1.39. The van der Waals surface area contributed by atoms with Crippen molar-refractivity contribution in [3.8, 4) is 0 Å². The van der Waals surface area contributed by atoms with Gasteiger partial charge in [-0.05, 0) is 19.9 Å². The predicted molar refractivity (Wildman–Crippen MR) is 44.9 cm³/mol. The molecule has 0 amide bonds. The van der Waals surface area contributed by atoms with Gasteiger partial charge in [-0.2, -0.15) is 0 Å². The van der Waals surface area contributed by atoms with Crippen molar-refractivity contribution in [2.24, 2.45) is 11.8 Å². The number of rotatable bonds is 3. The lowest BCUT2D eigenvalue weighted by Gasteiger charge is -2.14. The van der Waals surface area contributed by atoms with Gasteiger partial charge in [-0.3, -0.25) is 4.79 Å². The first-order chi connectivity index (χ1) is 5.83. The zero-order valence-electron chi connectivity index (χ0n) is 7.38. The van der Waals surface area contributed by atoms with E-state index in [1.54, 1.807) is 0 Å². The zero-order chi connectivity index (χ0) is 8.55. The Balaban J connectivity index is 1.96. The molecule has 1 aliphatic carbocycles. The van der Waals surface area contributed by atoms with Gasteiger partial charge in [0.25, 0.3) is 0 Å². The van der Waals surface area contributed by atoms with Crippen molar-refractivity contribution in [3.05, 3.63) is 0 Å². The summed E-state index contributed by atoms with van der Waals surface area (Å²) in [5, 5.41) is 3.13. The van der Waals surface area contributed by atoms with Crippen LogP contribution in [0.2, 0.25) is 0 Å². The summed E-state index contributed by atoms with van der Waals surface area (Å²) in [6.45, 7) is 1.32. The quantitative estimate of drug-likeness (QED) is 0.656. The summed E-state index contributed by atoms with van der Waals surface area (Å²) in [7, 11) is 1.90. The number of ketones is 1. The second-order valence-corrected chi connectivity index (χ2v) is 3.72. The number of nitrogens with one attached hydrogen (secondary N) is 1. The molecule has 2 atom stereocenters. The van der Waals surface area contributed by atoms with E-state index in [0.29, 0.717) is 24.9 Å². The Bertz CT molecular complexity index is 189. The first-order valence-corrected chi connectivity index (χ1v) is 4.61. The number of carbonyl (C=O) groups excluding carboxylic acids is 1. The molecule has 0 bridgehead atoms. The Labute approximate surface area is 72.5 Å². The fourth-order valence-corrected chi connectivity index (χ4v) is 1.79. The van der Waals surface area contributed by atoms with Crippen LogP contribution in [0.15, 0.2) is 0 Å². The summed E-state index contributed by atoms with van der Waals surface area (Å²) in [5.74, 6) is 0.918. The normalized spacial score (nSPS) is 35.4. The van der Waals surface area contributed by atoms with Gasteiger partial charge in [-0.15, -0.1) is 0 Å². The van der Waals surface area contributed by atoms with Crippen LogP contribution in [0.4, 0.5) is 0 Å². The van der Waals surface area contributed by atoms with E-state index in [4.69, 9.17) is 4.74 Å². The average molecular weight is 169 g/mol. The molecular formula is C9H15NO2. The van der Waals surface area contributed by atoms with Crippen LogP contribution in [0.25, 0.3) is 0 Å². The molecule has 0 spiro atoms. The molecule has 68 valence electrons. The minimum atomic E-state index is 0.127. The van der Waals surface area contributed by atoms with Gasteiger partial charge < -0.3 is 10.1 Å². The van der Waals surface area contributed by atoms with E-state index in [1.807, 2.05) is 7.05 Å².